The number of hydrogen-bond donors (Lipinski definition) is 0. The Balaban J connectivity index is 1.34. The van der Waals surface area contributed by atoms with Gasteiger partial charge in [0.1, 0.15) is 17.3 Å². The van der Waals surface area contributed by atoms with Crippen LogP contribution in [0.3, 0.4) is 0 Å². The van der Waals surface area contributed by atoms with E-state index in [4.69, 9.17) is 14.5 Å². The first-order valence-electron chi connectivity index (χ1n) is 12.2. The second kappa shape index (κ2) is 8.28. The summed E-state index contributed by atoms with van der Waals surface area (Å²) in [5.74, 6) is -1.38. The summed E-state index contributed by atoms with van der Waals surface area (Å²) in [7, 11) is 0. The molecule has 0 N–H and O–H groups in total. The minimum atomic E-state index is -0.790. The molecule has 3 aliphatic rings. The Hall–Kier alpha value is -3.50. The van der Waals surface area contributed by atoms with Crippen LogP contribution in [0.1, 0.15) is 66.3 Å². The van der Waals surface area contributed by atoms with Gasteiger partial charge >= 0.3 is 0 Å². The topological polar surface area (TPSA) is 83.5 Å². The van der Waals surface area contributed by atoms with Crippen LogP contribution in [0, 0.1) is 11.6 Å². The third kappa shape index (κ3) is 3.63. The molecule has 0 radical (unpaired) electrons. The van der Waals surface area contributed by atoms with Crippen molar-refractivity contribution >= 4 is 5.65 Å². The van der Waals surface area contributed by atoms with Crippen molar-refractivity contribution in [2.75, 3.05) is 6.61 Å². The highest BCUT2D eigenvalue weighted by molar-refractivity contribution is 5.61. The van der Waals surface area contributed by atoms with Crippen molar-refractivity contribution in [3.8, 4) is 11.4 Å². The number of benzene rings is 1. The molecule has 184 valence electrons. The fourth-order valence-electron chi connectivity index (χ4n) is 5.19. The third-order valence-corrected chi connectivity index (χ3v) is 7.29. The molecule has 7 rings (SSSR count). The van der Waals surface area contributed by atoms with Crippen LogP contribution in [0.15, 0.2) is 41.5 Å². The molecule has 3 aromatic heterocycles. The number of nitrogens with zero attached hydrogens (tertiary/aromatic N) is 5. The highest BCUT2D eigenvalue weighted by atomic mass is 19.1. The molecule has 0 spiro atoms. The Bertz CT molecular complexity index is 1560. The molecule has 1 saturated heterocycles. The maximum Gasteiger partial charge on any atom is 0.265 e. The van der Waals surface area contributed by atoms with E-state index in [-0.39, 0.29) is 42.2 Å². The molecule has 8 nitrogen and oxygen atoms in total. The van der Waals surface area contributed by atoms with Crippen LogP contribution >= 0.6 is 0 Å². The number of halogens is 2. The van der Waals surface area contributed by atoms with Crippen molar-refractivity contribution in [2.45, 2.75) is 57.0 Å². The summed E-state index contributed by atoms with van der Waals surface area (Å²) in [6, 6.07) is 5.56. The summed E-state index contributed by atoms with van der Waals surface area (Å²) in [6.07, 6.45) is 7.48. The van der Waals surface area contributed by atoms with Gasteiger partial charge in [0, 0.05) is 42.1 Å². The van der Waals surface area contributed by atoms with E-state index in [1.54, 1.807) is 6.07 Å². The highest BCUT2D eigenvalue weighted by Gasteiger charge is 2.31. The summed E-state index contributed by atoms with van der Waals surface area (Å²) < 4.78 is 43.4. The van der Waals surface area contributed by atoms with E-state index in [1.807, 2.05) is 10.9 Å². The van der Waals surface area contributed by atoms with Crippen molar-refractivity contribution in [3.05, 3.63) is 81.2 Å². The molecule has 4 aromatic rings. The smallest absolute Gasteiger partial charge is 0.265 e. The van der Waals surface area contributed by atoms with Crippen LogP contribution in [-0.4, -0.2) is 30.8 Å². The Morgan fingerprint density at radius 3 is 2.78 bits per heavy atom. The number of rotatable bonds is 4. The predicted octanol–water partition coefficient (Wildman–Crippen LogP) is 4.23. The second-order valence-corrected chi connectivity index (χ2v) is 9.72. The van der Waals surface area contributed by atoms with Gasteiger partial charge in [-0.05, 0) is 37.8 Å². The van der Waals surface area contributed by atoms with Crippen LogP contribution in [0.25, 0.3) is 17.0 Å². The molecular formula is C26H23F2N5O3. The lowest BCUT2D eigenvalue weighted by Crippen LogP contribution is -2.25. The van der Waals surface area contributed by atoms with E-state index in [0.29, 0.717) is 41.7 Å². The standard InChI is InChI=1S/C26H23F2N5O3/c27-16-1-4-18(20(28)8-16)25-31-21(9-24-30-22-13-35-12-19(22)26(34)33(24)25)14-5-6-36-23(7-14)15-10-29-32(11-15)17-2-3-17/h1,4,8-11,14,17,23H,2-3,5-7,12-13H2/t14-,23+/m1/s1. The van der Waals surface area contributed by atoms with Crippen LogP contribution < -0.4 is 5.56 Å². The number of fused-ring (bicyclic) bond motifs is 2. The largest absolute Gasteiger partial charge is 0.373 e. The molecule has 1 saturated carbocycles. The van der Waals surface area contributed by atoms with E-state index in [1.165, 1.54) is 10.5 Å². The van der Waals surface area contributed by atoms with Gasteiger partial charge in [0.05, 0.1) is 48.4 Å². The van der Waals surface area contributed by atoms with Crippen molar-refractivity contribution in [1.29, 1.82) is 0 Å². The molecule has 2 atom stereocenters. The highest BCUT2D eigenvalue weighted by Crippen LogP contribution is 2.40. The maximum absolute atomic E-state index is 14.9. The van der Waals surface area contributed by atoms with Gasteiger partial charge in [-0.3, -0.25) is 9.48 Å². The molecule has 0 unspecified atom stereocenters. The first kappa shape index (κ1) is 21.8. The van der Waals surface area contributed by atoms with Crippen molar-refractivity contribution in [3.63, 3.8) is 0 Å². The second-order valence-electron chi connectivity index (χ2n) is 9.72. The van der Waals surface area contributed by atoms with E-state index in [2.05, 4.69) is 16.3 Å². The number of ether oxygens (including phenoxy) is 2. The summed E-state index contributed by atoms with van der Waals surface area (Å²) in [6.45, 7) is 0.936. The van der Waals surface area contributed by atoms with Crippen molar-refractivity contribution in [2.24, 2.45) is 0 Å². The fourth-order valence-corrected chi connectivity index (χ4v) is 5.19. The Morgan fingerprint density at radius 2 is 1.94 bits per heavy atom. The molecule has 10 heteroatoms. The van der Waals surface area contributed by atoms with Crippen LogP contribution in [0.2, 0.25) is 0 Å². The molecule has 0 bridgehead atoms. The molecule has 1 aromatic carbocycles. The molecule has 0 amide bonds. The molecule has 36 heavy (non-hydrogen) atoms. The fraction of sp³-hybridized carbons (Fsp3) is 0.385. The van der Waals surface area contributed by atoms with E-state index in [9.17, 15) is 13.6 Å². The zero-order chi connectivity index (χ0) is 24.4. The minimum absolute atomic E-state index is 0.00157. The average Bonchev–Trinajstić information content (AvgIpc) is 3.41. The summed E-state index contributed by atoms with van der Waals surface area (Å²) in [4.78, 5) is 22.8. The lowest BCUT2D eigenvalue weighted by molar-refractivity contribution is 0.00460. The number of aromatic nitrogens is 5. The monoisotopic (exact) mass is 491 g/mol. The zero-order valence-corrected chi connectivity index (χ0v) is 19.4. The van der Waals surface area contributed by atoms with Crippen LogP contribution in [0.5, 0.6) is 0 Å². The van der Waals surface area contributed by atoms with Gasteiger partial charge in [-0.15, -0.1) is 0 Å². The Morgan fingerprint density at radius 1 is 1.06 bits per heavy atom. The summed E-state index contributed by atoms with van der Waals surface area (Å²) in [5, 5.41) is 4.49. The molecule has 1 aliphatic carbocycles. The lowest BCUT2D eigenvalue weighted by Gasteiger charge is -2.29. The van der Waals surface area contributed by atoms with Gasteiger partial charge in [0.15, 0.2) is 5.82 Å². The SMILES string of the molecule is O=c1c2c(nc3cc([C@@H]4CCO[C@H](c5cnn(C6CC6)c5)C4)nc(-c4ccc(F)cc4F)n13)COC2. The zero-order valence-electron chi connectivity index (χ0n) is 19.4. The van der Waals surface area contributed by atoms with Crippen molar-refractivity contribution < 1.29 is 18.3 Å². The van der Waals surface area contributed by atoms with Gasteiger partial charge in [0.2, 0.25) is 0 Å². The average molecular weight is 491 g/mol. The van der Waals surface area contributed by atoms with Gasteiger partial charge in [-0.25, -0.2) is 23.1 Å². The summed E-state index contributed by atoms with van der Waals surface area (Å²) in [5.41, 5.74) is 2.81. The molecular weight excluding hydrogens is 468 g/mol. The van der Waals surface area contributed by atoms with E-state index in [0.717, 1.165) is 37.0 Å². The van der Waals surface area contributed by atoms with Crippen molar-refractivity contribution in [1.82, 2.24) is 24.1 Å². The lowest BCUT2D eigenvalue weighted by atomic mass is 9.90. The van der Waals surface area contributed by atoms with E-state index < -0.39 is 11.6 Å². The predicted molar refractivity (Wildman–Crippen MR) is 124 cm³/mol. The molecule has 2 aliphatic heterocycles. The van der Waals surface area contributed by atoms with E-state index >= 15 is 0 Å². The van der Waals surface area contributed by atoms with Gasteiger partial charge < -0.3 is 9.47 Å². The van der Waals surface area contributed by atoms with Crippen LogP contribution in [0.4, 0.5) is 8.78 Å². The first-order valence-corrected chi connectivity index (χ1v) is 12.2. The maximum atomic E-state index is 14.9. The van der Waals surface area contributed by atoms with Gasteiger partial charge in [-0.2, -0.15) is 5.10 Å². The quantitative estimate of drug-likeness (QED) is 0.425. The van der Waals surface area contributed by atoms with Gasteiger partial charge in [-0.1, -0.05) is 0 Å². The Kier molecular flexibility index (Phi) is 5.00. The summed E-state index contributed by atoms with van der Waals surface area (Å²) >= 11 is 0. The normalized spacial score (nSPS) is 21.7. The molecule has 2 fully saturated rings. The first-order chi connectivity index (χ1) is 17.5. The van der Waals surface area contributed by atoms with Gasteiger partial charge in [0.25, 0.3) is 5.56 Å². The number of hydrogen-bond acceptors (Lipinski definition) is 6. The molecule has 5 heterocycles. The van der Waals surface area contributed by atoms with Crippen LogP contribution in [-0.2, 0) is 22.7 Å². The minimum Gasteiger partial charge on any atom is -0.373 e. The third-order valence-electron chi connectivity index (χ3n) is 7.29. The Labute approximate surface area is 204 Å².